The van der Waals surface area contributed by atoms with Crippen LogP contribution in [0.3, 0.4) is 0 Å². The summed E-state index contributed by atoms with van der Waals surface area (Å²) in [5.74, 6) is 4.83. The van der Waals surface area contributed by atoms with Crippen molar-refractivity contribution in [3.63, 3.8) is 0 Å². The summed E-state index contributed by atoms with van der Waals surface area (Å²) in [7, 11) is 0. The molecule has 5 atom stereocenters. The second-order valence-corrected chi connectivity index (χ2v) is 22.3. The molecular formula is C54H86ClNO8S2. The van der Waals surface area contributed by atoms with Crippen molar-refractivity contribution in [3.05, 3.63) is 28.0 Å². The number of thiophene rings is 2. The molecule has 5 rings (SSSR count). The monoisotopic (exact) mass is 976 g/mol. The van der Waals surface area contributed by atoms with Gasteiger partial charge in [-0.2, -0.15) is 0 Å². The third-order valence-electron chi connectivity index (χ3n) is 13.6. The second kappa shape index (κ2) is 29.2. The first-order valence-electron chi connectivity index (χ1n) is 25.9. The van der Waals surface area contributed by atoms with Gasteiger partial charge in [-0.25, -0.2) is 0 Å². The highest BCUT2D eigenvalue weighted by atomic mass is 35.5. The van der Waals surface area contributed by atoms with Crippen molar-refractivity contribution in [2.45, 2.75) is 152 Å². The van der Waals surface area contributed by atoms with Gasteiger partial charge in [-0.1, -0.05) is 138 Å². The summed E-state index contributed by atoms with van der Waals surface area (Å²) in [5, 5.41) is 2.05. The highest BCUT2D eigenvalue weighted by Gasteiger charge is 2.40. The molecule has 9 nitrogen and oxygen atoms in total. The number of fused-ring (bicyclic) bond motifs is 2. The van der Waals surface area contributed by atoms with Crippen LogP contribution in [0.25, 0.3) is 21.0 Å². The lowest BCUT2D eigenvalue weighted by Crippen LogP contribution is -2.43. The predicted molar refractivity (Wildman–Crippen MR) is 275 cm³/mol. The normalized spacial score (nSPS) is 20.1. The molecule has 2 aliphatic rings. The fourth-order valence-corrected chi connectivity index (χ4v) is 11.0. The van der Waals surface area contributed by atoms with Crippen LogP contribution < -0.4 is 18.9 Å². The number of halogens is 1. The smallest absolute Gasteiger partial charge is 0.191 e. The molecule has 0 saturated carbocycles. The van der Waals surface area contributed by atoms with Gasteiger partial charge in [0.25, 0.3) is 0 Å². The van der Waals surface area contributed by atoms with E-state index in [1.165, 1.54) is 82.0 Å². The molecule has 12 heteroatoms. The fraction of sp³-hybridized carbons (Fsp3) is 0.759. The van der Waals surface area contributed by atoms with E-state index in [0.29, 0.717) is 99.0 Å². The fourth-order valence-electron chi connectivity index (χ4n) is 8.77. The minimum atomic E-state index is -0.490. The van der Waals surface area contributed by atoms with Crippen molar-refractivity contribution in [2.24, 2.45) is 34.5 Å². The van der Waals surface area contributed by atoms with Crippen LogP contribution in [0.4, 0.5) is 0 Å². The number of rotatable bonds is 33. The van der Waals surface area contributed by atoms with E-state index in [0.717, 1.165) is 78.0 Å². The van der Waals surface area contributed by atoms with Crippen LogP contribution in [0.5, 0.6) is 23.0 Å². The molecule has 0 bridgehead atoms. The van der Waals surface area contributed by atoms with Gasteiger partial charge in [0.2, 0.25) is 0 Å². The lowest BCUT2D eigenvalue weighted by Gasteiger charge is -2.32. The Morgan fingerprint density at radius 1 is 0.591 bits per heavy atom. The van der Waals surface area contributed by atoms with Crippen molar-refractivity contribution in [1.82, 2.24) is 4.98 Å². The lowest BCUT2D eigenvalue weighted by molar-refractivity contribution is -0.0715. The molecule has 0 radical (unpaired) electrons. The number of nitrogens with zero attached hydrogens (tertiary/aromatic N) is 1. The number of ether oxygens (including phenoxy) is 8. The van der Waals surface area contributed by atoms with Crippen LogP contribution >= 0.6 is 34.3 Å². The molecule has 0 N–H and O–H groups in total. The summed E-state index contributed by atoms with van der Waals surface area (Å²) in [4.78, 5) is 6.82. The van der Waals surface area contributed by atoms with Crippen molar-refractivity contribution < 1.29 is 37.9 Å². The third kappa shape index (κ3) is 16.2. The average Bonchev–Trinajstić information content (AvgIpc) is 3.76. The maximum Gasteiger partial charge on any atom is 0.191 e. The van der Waals surface area contributed by atoms with Gasteiger partial charge in [-0.05, 0) is 61.5 Å². The first-order valence-corrected chi connectivity index (χ1v) is 28.0. The molecule has 5 heterocycles. The van der Waals surface area contributed by atoms with E-state index in [9.17, 15) is 0 Å². The van der Waals surface area contributed by atoms with Gasteiger partial charge >= 0.3 is 0 Å². The topological polar surface area (TPSA) is 86.7 Å². The van der Waals surface area contributed by atoms with Crippen LogP contribution in [0.15, 0.2) is 23.7 Å². The van der Waals surface area contributed by atoms with Crippen LogP contribution in [-0.2, 0) is 18.9 Å². The molecule has 3 aromatic heterocycles. The number of hydrogen-bond acceptors (Lipinski definition) is 11. The van der Waals surface area contributed by atoms with Crippen molar-refractivity contribution in [2.75, 3.05) is 79.3 Å². The van der Waals surface area contributed by atoms with Crippen LogP contribution in [0.2, 0.25) is 4.34 Å². The van der Waals surface area contributed by atoms with E-state index in [1.54, 1.807) is 11.3 Å². The maximum atomic E-state index is 6.94. The average molecular weight is 977 g/mol. The van der Waals surface area contributed by atoms with Gasteiger partial charge < -0.3 is 37.9 Å². The molecule has 2 aliphatic heterocycles. The van der Waals surface area contributed by atoms with E-state index >= 15 is 0 Å². The summed E-state index contributed by atoms with van der Waals surface area (Å²) < 4.78 is 53.2. The van der Waals surface area contributed by atoms with Crippen LogP contribution in [0.1, 0.15) is 152 Å². The van der Waals surface area contributed by atoms with E-state index in [1.807, 2.05) is 12.3 Å². The Morgan fingerprint density at radius 3 is 1.55 bits per heavy atom. The molecule has 0 aromatic carbocycles. The van der Waals surface area contributed by atoms with Gasteiger partial charge in [-0.15, -0.1) is 22.7 Å². The van der Waals surface area contributed by atoms with E-state index in [-0.39, 0.29) is 0 Å². The predicted octanol–water partition coefficient (Wildman–Crippen LogP) is 15.2. The maximum absolute atomic E-state index is 6.94. The van der Waals surface area contributed by atoms with Crippen molar-refractivity contribution >= 4 is 34.3 Å². The Bertz CT molecular complexity index is 1760. The highest BCUT2D eigenvalue weighted by Crippen LogP contribution is 2.53. The molecule has 5 unspecified atom stereocenters. The Labute approximate surface area is 412 Å². The van der Waals surface area contributed by atoms with Crippen LogP contribution in [0, 0.1) is 34.5 Å². The van der Waals surface area contributed by atoms with Gasteiger partial charge in [0.15, 0.2) is 23.0 Å². The molecule has 0 amide bonds. The third-order valence-corrected chi connectivity index (χ3v) is 16.0. The van der Waals surface area contributed by atoms with Gasteiger partial charge in [0.05, 0.1) is 47.8 Å². The first kappa shape index (κ1) is 54.8. The summed E-state index contributed by atoms with van der Waals surface area (Å²) in [6, 6.07) is 4.13. The zero-order chi connectivity index (χ0) is 47.2. The molecule has 3 aromatic rings. The lowest BCUT2D eigenvalue weighted by atomic mass is 9.91. The Hall–Kier alpha value is -2.12. The quantitative estimate of drug-likeness (QED) is 0.0592. The molecular weight excluding hydrogens is 890 g/mol. The van der Waals surface area contributed by atoms with E-state index in [4.69, 9.17) is 54.5 Å². The first-order chi connectivity index (χ1) is 32.2. The summed E-state index contributed by atoms with van der Waals surface area (Å²) >= 11 is 9.99. The molecule has 66 heavy (non-hydrogen) atoms. The summed E-state index contributed by atoms with van der Waals surface area (Å²) in [5.41, 5.74) is 0.795. The molecule has 0 fully saturated rings. The number of unbranched alkanes of at least 4 members (excludes halogenated alkanes) is 4. The summed E-state index contributed by atoms with van der Waals surface area (Å²) in [6.07, 6.45) is 19.6. The van der Waals surface area contributed by atoms with Crippen LogP contribution in [-0.4, -0.2) is 84.3 Å². The number of aromatic nitrogens is 1. The van der Waals surface area contributed by atoms with Crippen molar-refractivity contribution in [3.8, 4) is 44.0 Å². The SMILES string of the molecule is CCCCC(C)COCC1(COCC(CC)CCCC)COc2c(Cl)sc(-c3ccc(-c4scc5c4OCC(COCC(CC)CCCC)(COCC(CC)CCCC)CO5)cn3)c2OC1. The Morgan fingerprint density at radius 2 is 1.06 bits per heavy atom. The largest absolute Gasteiger partial charge is 0.488 e. The van der Waals surface area contributed by atoms with Gasteiger partial charge in [0.1, 0.15) is 35.6 Å². The Balaban J connectivity index is 1.29. The highest BCUT2D eigenvalue weighted by molar-refractivity contribution is 7.20. The van der Waals surface area contributed by atoms with Crippen molar-refractivity contribution in [1.29, 1.82) is 0 Å². The van der Waals surface area contributed by atoms with E-state index < -0.39 is 10.8 Å². The summed E-state index contributed by atoms with van der Waals surface area (Å²) in [6.45, 7) is 24.7. The molecule has 0 spiro atoms. The Kier molecular flexibility index (Phi) is 24.2. The van der Waals surface area contributed by atoms with Gasteiger partial charge in [0, 0.05) is 43.6 Å². The number of hydrogen-bond donors (Lipinski definition) is 0. The molecule has 0 aliphatic carbocycles. The standard InChI is InChI=1S/C54H86ClNO8S2/c1-9-16-20-40(8)27-57-32-54(35-60-30-43(15-7)23-19-12-4)38-63-48-49(64-39-54)52(55)66-51(48)45-25-24-44(26-56-45)50-47-46(31-65-50)61-36-53(37-62-47,33-58-28-41(13-5)21-17-10-2)34-59-29-42(14-6)22-18-11-3/h24-26,31,40-43H,9-23,27-30,32-39H2,1-8H3. The molecule has 374 valence electrons. The zero-order valence-electron chi connectivity index (χ0n) is 42.1. The minimum Gasteiger partial charge on any atom is -0.488 e. The molecule has 0 saturated heterocycles. The number of pyridine rings is 1. The minimum absolute atomic E-state index is 0.388. The van der Waals surface area contributed by atoms with E-state index in [2.05, 4.69) is 66.8 Å². The second-order valence-electron chi connectivity index (χ2n) is 19.8. The zero-order valence-corrected chi connectivity index (χ0v) is 44.5. The van der Waals surface area contributed by atoms with Gasteiger partial charge in [-0.3, -0.25) is 4.98 Å².